The quantitative estimate of drug-likeness (QED) is 0.911. The van der Waals surface area contributed by atoms with Crippen LogP contribution < -0.4 is 5.73 Å². The molecule has 0 atom stereocenters. The first-order valence-electron chi connectivity index (χ1n) is 6.87. The van der Waals surface area contributed by atoms with E-state index < -0.39 is 23.1 Å². The highest BCUT2D eigenvalue weighted by molar-refractivity contribution is 5.94. The number of amides is 1. The second-order valence-electron chi connectivity index (χ2n) is 5.56. The monoisotopic (exact) mass is 299 g/mol. The maximum atomic E-state index is 13.9. The highest BCUT2D eigenvalue weighted by Gasteiger charge is 2.52. The van der Waals surface area contributed by atoms with Gasteiger partial charge in [0.05, 0.1) is 5.41 Å². The molecule has 22 heavy (non-hydrogen) atoms. The van der Waals surface area contributed by atoms with Crippen LogP contribution in [0.1, 0.15) is 28.8 Å². The summed E-state index contributed by atoms with van der Waals surface area (Å²) < 4.78 is 13.9. The Kier molecular flexibility index (Phi) is 3.20. The van der Waals surface area contributed by atoms with Gasteiger partial charge < -0.3 is 10.8 Å². The lowest BCUT2D eigenvalue weighted by molar-refractivity contribution is -0.140. The fourth-order valence-electron chi connectivity index (χ4n) is 2.64. The minimum absolute atomic E-state index is 0.322. The number of carboxylic acid groups (broad SMARTS) is 1. The minimum atomic E-state index is -0.974. The van der Waals surface area contributed by atoms with Crippen LogP contribution in [0, 0.1) is 5.82 Å². The topological polar surface area (TPSA) is 80.4 Å². The maximum absolute atomic E-state index is 13.9. The van der Waals surface area contributed by atoms with E-state index in [9.17, 15) is 19.1 Å². The number of halogens is 1. The van der Waals surface area contributed by atoms with E-state index >= 15 is 0 Å². The van der Waals surface area contributed by atoms with E-state index in [1.54, 1.807) is 30.3 Å². The summed E-state index contributed by atoms with van der Waals surface area (Å²) in [6.45, 7) is 0. The molecular weight excluding hydrogens is 285 g/mol. The average Bonchev–Trinajstić information content (AvgIpc) is 3.28. The van der Waals surface area contributed by atoms with E-state index in [0.717, 1.165) is 0 Å². The predicted molar refractivity (Wildman–Crippen MR) is 78.9 cm³/mol. The fourth-order valence-corrected chi connectivity index (χ4v) is 2.64. The molecule has 1 saturated carbocycles. The maximum Gasteiger partial charge on any atom is 0.314 e. The number of rotatable bonds is 4. The van der Waals surface area contributed by atoms with Gasteiger partial charge in [0.1, 0.15) is 5.82 Å². The van der Waals surface area contributed by atoms with Gasteiger partial charge in [0.15, 0.2) is 0 Å². The van der Waals surface area contributed by atoms with Crippen molar-refractivity contribution in [3.8, 4) is 11.1 Å². The fraction of sp³-hybridized carbons (Fsp3) is 0.176. The van der Waals surface area contributed by atoms with Gasteiger partial charge in [-0.1, -0.05) is 12.1 Å². The number of nitrogens with two attached hydrogens (primary N) is 1. The molecule has 5 heteroatoms. The van der Waals surface area contributed by atoms with E-state index in [0.29, 0.717) is 35.1 Å². The first-order chi connectivity index (χ1) is 10.4. The Morgan fingerprint density at radius 1 is 1.09 bits per heavy atom. The zero-order valence-electron chi connectivity index (χ0n) is 11.7. The summed E-state index contributed by atoms with van der Waals surface area (Å²) in [5.41, 5.74) is 6.21. The van der Waals surface area contributed by atoms with Crippen LogP contribution in [-0.2, 0) is 10.2 Å². The standard InChI is InChI=1S/C17H14FNO3/c18-14-8-12(10-2-1-3-11(6-10)15(19)20)7-13(9-14)17(4-5-17)16(21)22/h1-3,6-9H,4-5H2,(H2,19,20)(H,21,22). The molecule has 1 aliphatic rings. The molecule has 2 aromatic rings. The van der Waals surface area contributed by atoms with Gasteiger partial charge in [0.25, 0.3) is 0 Å². The Bertz CT molecular complexity index is 781. The SMILES string of the molecule is NC(=O)c1cccc(-c2cc(F)cc(C3(C(=O)O)CC3)c2)c1. The summed E-state index contributed by atoms with van der Waals surface area (Å²) in [7, 11) is 0. The molecule has 1 fully saturated rings. The summed E-state index contributed by atoms with van der Waals surface area (Å²) in [5.74, 6) is -2.00. The number of primary amides is 1. The smallest absolute Gasteiger partial charge is 0.314 e. The molecule has 1 aliphatic carbocycles. The van der Waals surface area contributed by atoms with Crippen molar-refractivity contribution in [1.29, 1.82) is 0 Å². The van der Waals surface area contributed by atoms with Crippen molar-refractivity contribution in [2.24, 2.45) is 5.73 Å². The Morgan fingerprint density at radius 2 is 1.82 bits per heavy atom. The normalized spacial score (nSPS) is 15.3. The van der Waals surface area contributed by atoms with Crippen LogP contribution in [0.4, 0.5) is 4.39 Å². The second-order valence-corrected chi connectivity index (χ2v) is 5.56. The number of benzene rings is 2. The molecule has 3 N–H and O–H groups in total. The Morgan fingerprint density at radius 3 is 2.41 bits per heavy atom. The first kappa shape index (κ1) is 14.3. The van der Waals surface area contributed by atoms with Crippen molar-refractivity contribution >= 4 is 11.9 Å². The molecule has 0 spiro atoms. The highest BCUT2D eigenvalue weighted by Crippen LogP contribution is 2.49. The van der Waals surface area contributed by atoms with Crippen molar-refractivity contribution < 1.29 is 19.1 Å². The molecular formula is C17H14FNO3. The zero-order chi connectivity index (χ0) is 15.9. The third-order valence-corrected chi connectivity index (χ3v) is 4.09. The summed E-state index contributed by atoms with van der Waals surface area (Å²) in [4.78, 5) is 22.7. The predicted octanol–water partition coefficient (Wildman–Crippen LogP) is 2.71. The van der Waals surface area contributed by atoms with Gasteiger partial charge in [0, 0.05) is 5.56 Å². The molecule has 2 aromatic carbocycles. The number of hydrogen-bond donors (Lipinski definition) is 2. The molecule has 112 valence electrons. The van der Waals surface area contributed by atoms with Gasteiger partial charge in [-0.05, 0) is 59.9 Å². The highest BCUT2D eigenvalue weighted by atomic mass is 19.1. The number of carboxylic acids is 1. The molecule has 0 aromatic heterocycles. The van der Waals surface area contributed by atoms with Crippen molar-refractivity contribution in [2.75, 3.05) is 0 Å². The largest absolute Gasteiger partial charge is 0.481 e. The number of hydrogen-bond acceptors (Lipinski definition) is 2. The molecule has 0 saturated heterocycles. The van der Waals surface area contributed by atoms with Crippen molar-refractivity contribution in [1.82, 2.24) is 0 Å². The lowest BCUT2D eigenvalue weighted by Gasteiger charge is -2.13. The number of carbonyl (C=O) groups excluding carboxylic acids is 1. The van der Waals surface area contributed by atoms with Gasteiger partial charge in [-0.2, -0.15) is 0 Å². The van der Waals surface area contributed by atoms with Crippen molar-refractivity contribution in [3.05, 3.63) is 59.4 Å². The molecule has 1 amide bonds. The van der Waals surface area contributed by atoms with Gasteiger partial charge in [-0.15, -0.1) is 0 Å². The van der Waals surface area contributed by atoms with Gasteiger partial charge in [-0.3, -0.25) is 9.59 Å². The molecule has 0 heterocycles. The lowest BCUT2D eigenvalue weighted by Crippen LogP contribution is -2.19. The molecule has 0 bridgehead atoms. The third-order valence-electron chi connectivity index (χ3n) is 4.09. The Balaban J connectivity index is 2.09. The molecule has 4 nitrogen and oxygen atoms in total. The molecule has 0 aliphatic heterocycles. The van der Waals surface area contributed by atoms with Crippen molar-refractivity contribution in [3.63, 3.8) is 0 Å². The second kappa shape index (κ2) is 4.94. The number of aliphatic carboxylic acids is 1. The number of carbonyl (C=O) groups is 2. The van der Waals surface area contributed by atoms with Crippen LogP contribution in [0.15, 0.2) is 42.5 Å². The zero-order valence-corrected chi connectivity index (χ0v) is 11.7. The third kappa shape index (κ3) is 2.35. The summed E-state index contributed by atoms with van der Waals surface area (Å²) in [6, 6.07) is 10.8. The van der Waals surface area contributed by atoms with Crippen LogP contribution in [0.2, 0.25) is 0 Å². The van der Waals surface area contributed by atoms with E-state index in [1.807, 2.05) is 0 Å². The molecule has 0 unspecified atom stereocenters. The minimum Gasteiger partial charge on any atom is -0.481 e. The van der Waals surface area contributed by atoms with Crippen LogP contribution in [0.3, 0.4) is 0 Å². The Labute approximate surface area is 126 Å². The molecule has 3 rings (SSSR count). The van der Waals surface area contributed by atoms with Gasteiger partial charge in [-0.25, -0.2) is 4.39 Å². The van der Waals surface area contributed by atoms with E-state index in [1.165, 1.54) is 12.1 Å². The van der Waals surface area contributed by atoms with Crippen LogP contribution in [0.25, 0.3) is 11.1 Å². The average molecular weight is 299 g/mol. The summed E-state index contributed by atoms with van der Waals surface area (Å²) >= 11 is 0. The Hall–Kier alpha value is -2.69. The summed E-state index contributed by atoms with van der Waals surface area (Å²) in [5, 5.41) is 9.34. The van der Waals surface area contributed by atoms with Crippen LogP contribution >= 0.6 is 0 Å². The lowest BCUT2D eigenvalue weighted by atomic mass is 9.92. The van der Waals surface area contributed by atoms with Crippen LogP contribution in [0.5, 0.6) is 0 Å². The molecule has 0 radical (unpaired) electrons. The van der Waals surface area contributed by atoms with Gasteiger partial charge >= 0.3 is 5.97 Å². The van der Waals surface area contributed by atoms with E-state index in [2.05, 4.69) is 0 Å². The van der Waals surface area contributed by atoms with E-state index in [-0.39, 0.29) is 0 Å². The van der Waals surface area contributed by atoms with Crippen LogP contribution in [-0.4, -0.2) is 17.0 Å². The van der Waals surface area contributed by atoms with Crippen molar-refractivity contribution in [2.45, 2.75) is 18.3 Å². The van der Waals surface area contributed by atoms with E-state index in [4.69, 9.17) is 5.73 Å². The summed E-state index contributed by atoms with van der Waals surface area (Å²) in [6.07, 6.45) is 1.01. The first-order valence-corrected chi connectivity index (χ1v) is 6.87. The van der Waals surface area contributed by atoms with Gasteiger partial charge in [0.2, 0.25) is 5.91 Å².